The quantitative estimate of drug-likeness (QED) is 0.475. The molecule has 30 heavy (non-hydrogen) atoms. The second-order valence-electron chi connectivity index (χ2n) is 7.37. The van der Waals surface area contributed by atoms with Crippen molar-refractivity contribution in [2.75, 3.05) is 5.32 Å². The highest BCUT2D eigenvalue weighted by Gasteiger charge is 2.40. The smallest absolute Gasteiger partial charge is 0.378 e. The third-order valence-electron chi connectivity index (χ3n) is 5.02. The first-order valence-electron chi connectivity index (χ1n) is 9.26. The summed E-state index contributed by atoms with van der Waals surface area (Å²) in [7, 11) is 0. The topological polar surface area (TPSA) is 75.1 Å². The van der Waals surface area contributed by atoms with Gasteiger partial charge in [-0.2, -0.15) is 17.6 Å². The fourth-order valence-electron chi connectivity index (χ4n) is 3.21. The van der Waals surface area contributed by atoms with E-state index in [9.17, 15) is 27.5 Å². The van der Waals surface area contributed by atoms with Crippen molar-refractivity contribution in [1.29, 1.82) is 0 Å². The Morgan fingerprint density at radius 2 is 1.97 bits per heavy atom. The molecule has 1 unspecified atom stereocenters. The fourth-order valence-corrected chi connectivity index (χ4v) is 3.21. The van der Waals surface area contributed by atoms with Gasteiger partial charge in [0.15, 0.2) is 6.10 Å². The monoisotopic (exact) mass is 419 g/mol. The Balaban J connectivity index is 1.66. The second kappa shape index (κ2) is 7.32. The number of carbonyl (C=O) groups is 1. The molecular weight excluding hydrogens is 402 g/mol. The standard InChI is InChI=1S/C21H17F4N3O2/c1-10-6-16(18(29)21(23,24)25)26-9-15(10)12-4-5-13-8-17(27-19(22)14(13)7-12)28-20(30)11-2-3-11/h4-9,11,18,29H,2-3H2,1H3,(H,27,28,30). The SMILES string of the molecule is Cc1cc(C(O)C(F)(F)F)ncc1-c1ccc2cc(NC(=O)C3CC3)nc(F)c2c1. The second-order valence-corrected chi connectivity index (χ2v) is 7.37. The van der Waals surface area contributed by atoms with E-state index < -0.39 is 23.9 Å². The summed E-state index contributed by atoms with van der Waals surface area (Å²) in [5, 5.41) is 12.7. The summed E-state index contributed by atoms with van der Waals surface area (Å²) >= 11 is 0. The first-order chi connectivity index (χ1) is 14.1. The first kappa shape index (κ1) is 20.2. The number of nitrogens with one attached hydrogen (secondary N) is 1. The lowest BCUT2D eigenvalue weighted by Crippen LogP contribution is -2.21. The number of anilines is 1. The summed E-state index contributed by atoms with van der Waals surface area (Å²) in [6.07, 6.45) is -4.64. The number of rotatable bonds is 4. The molecule has 1 atom stereocenters. The molecule has 2 aromatic heterocycles. The van der Waals surface area contributed by atoms with Crippen molar-refractivity contribution in [1.82, 2.24) is 9.97 Å². The molecule has 156 valence electrons. The Kier molecular flexibility index (Phi) is 4.93. The predicted octanol–water partition coefficient (Wildman–Crippen LogP) is 4.69. The van der Waals surface area contributed by atoms with Crippen LogP contribution in [0.15, 0.2) is 36.5 Å². The molecule has 1 aliphatic rings. The Hall–Kier alpha value is -3.07. The molecule has 0 radical (unpaired) electrons. The zero-order valence-electron chi connectivity index (χ0n) is 15.8. The number of pyridine rings is 2. The number of hydrogen-bond acceptors (Lipinski definition) is 4. The first-order valence-corrected chi connectivity index (χ1v) is 9.26. The van der Waals surface area contributed by atoms with E-state index in [4.69, 9.17) is 0 Å². The van der Waals surface area contributed by atoms with Crippen molar-refractivity contribution < 1.29 is 27.5 Å². The lowest BCUT2D eigenvalue weighted by atomic mass is 9.99. The molecule has 1 amide bonds. The summed E-state index contributed by atoms with van der Waals surface area (Å²) in [6.45, 7) is 1.58. The minimum atomic E-state index is -4.81. The van der Waals surface area contributed by atoms with Gasteiger partial charge in [-0.25, -0.2) is 4.98 Å². The van der Waals surface area contributed by atoms with Gasteiger partial charge in [-0.05, 0) is 54.5 Å². The van der Waals surface area contributed by atoms with Crippen molar-refractivity contribution in [2.24, 2.45) is 5.92 Å². The zero-order chi connectivity index (χ0) is 21.6. The molecule has 5 nitrogen and oxygen atoms in total. The van der Waals surface area contributed by atoms with Crippen LogP contribution in [0.5, 0.6) is 0 Å². The molecule has 3 aromatic rings. The Bertz CT molecular complexity index is 1140. The van der Waals surface area contributed by atoms with Crippen molar-refractivity contribution in [3.8, 4) is 11.1 Å². The maximum absolute atomic E-state index is 14.6. The largest absolute Gasteiger partial charge is 0.420 e. The number of hydrogen-bond donors (Lipinski definition) is 2. The van der Waals surface area contributed by atoms with Crippen molar-refractivity contribution in [3.63, 3.8) is 0 Å². The zero-order valence-corrected chi connectivity index (χ0v) is 15.8. The summed E-state index contributed by atoms with van der Waals surface area (Å²) in [5.74, 6) is -0.855. The summed E-state index contributed by atoms with van der Waals surface area (Å²) in [6, 6.07) is 7.56. The minimum Gasteiger partial charge on any atom is -0.378 e. The van der Waals surface area contributed by atoms with Crippen LogP contribution in [0.3, 0.4) is 0 Å². The van der Waals surface area contributed by atoms with Crippen LogP contribution in [0.4, 0.5) is 23.4 Å². The number of halogens is 4. The van der Waals surface area contributed by atoms with Gasteiger partial charge in [0, 0.05) is 23.1 Å². The summed E-state index contributed by atoms with van der Waals surface area (Å²) in [5.41, 5.74) is 0.981. The molecule has 0 spiro atoms. The van der Waals surface area contributed by atoms with Gasteiger partial charge >= 0.3 is 6.18 Å². The van der Waals surface area contributed by atoms with Crippen LogP contribution in [-0.2, 0) is 4.79 Å². The molecule has 0 bridgehead atoms. The molecule has 0 saturated heterocycles. The van der Waals surface area contributed by atoms with E-state index in [1.807, 2.05) is 0 Å². The Morgan fingerprint density at radius 3 is 2.60 bits per heavy atom. The van der Waals surface area contributed by atoms with Gasteiger partial charge in [-0.1, -0.05) is 12.1 Å². The molecule has 1 aromatic carbocycles. The number of benzene rings is 1. The van der Waals surface area contributed by atoms with Gasteiger partial charge in [0.25, 0.3) is 0 Å². The van der Waals surface area contributed by atoms with Crippen molar-refractivity contribution in [2.45, 2.75) is 32.0 Å². The number of aromatic nitrogens is 2. The molecule has 1 aliphatic carbocycles. The maximum Gasteiger partial charge on any atom is 0.420 e. The number of nitrogens with zero attached hydrogens (tertiary/aromatic N) is 2. The van der Waals surface area contributed by atoms with Gasteiger partial charge in [-0.3, -0.25) is 9.78 Å². The minimum absolute atomic E-state index is 0.0396. The van der Waals surface area contributed by atoms with Crippen LogP contribution < -0.4 is 5.32 Å². The highest BCUT2D eigenvalue weighted by molar-refractivity contribution is 5.96. The molecular formula is C21H17F4N3O2. The summed E-state index contributed by atoms with van der Waals surface area (Å²) < 4.78 is 52.7. The highest BCUT2D eigenvalue weighted by Crippen LogP contribution is 2.34. The number of aryl methyl sites for hydroxylation is 1. The number of carbonyl (C=O) groups excluding carboxylic acids is 1. The average Bonchev–Trinajstić information content (AvgIpc) is 3.52. The van der Waals surface area contributed by atoms with Gasteiger partial charge in [0.05, 0.1) is 5.69 Å². The molecule has 4 rings (SSSR count). The van der Waals surface area contributed by atoms with E-state index in [1.165, 1.54) is 12.3 Å². The van der Waals surface area contributed by atoms with Gasteiger partial charge < -0.3 is 10.4 Å². The van der Waals surface area contributed by atoms with Gasteiger partial charge in [0.2, 0.25) is 11.9 Å². The lowest BCUT2D eigenvalue weighted by Gasteiger charge is -2.16. The molecule has 0 aliphatic heterocycles. The van der Waals surface area contributed by atoms with Crippen LogP contribution in [0.1, 0.15) is 30.2 Å². The average molecular weight is 419 g/mol. The number of aliphatic hydroxyl groups excluding tert-OH is 1. The molecule has 1 fully saturated rings. The van der Waals surface area contributed by atoms with Crippen LogP contribution in [0.25, 0.3) is 21.9 Å². The third kappa shape index (κ3) is 3.97. The van der Waals surface area contributed by atoms with Crippen LogP contribution >= 0.6 is 0 Å². The molecule has 2 N–H and O–H groups in total. The van der Waals surface area contributed by atoms with E-state index in [-0.39, 0.29) is 23.0 Å². The van der Waals surface area contributed by atoms with Crippen LogP contribution in [-0.4, -0.2) is 27.2 Å². The van der Waals surface area contributed by atoms with E-state index in [1.54, 1.807) is 25.1 Å². The number of fused-ring (bicyclic) bond motifs is 1. The van der Waals surface area contributed by atoms with Crippen molar-refractivity contribution in [3.05, 3.63) is 53.7 Å². The number of aliphatic hydroxyl groups is 1. The lowest BCUT2D eigenvalue weighted by molar-refractivity contribution is -0.207. The Morgan fingerprint density at radius 1 is 1.23 bits per heavy atom. The maximum atomic E-state index is 14.6. The van der Waals surface area contributed by atoms with Gasteiger partial charge in [-0.15, -0.1) is 0 Å². The fraction of sp³-hybridized carbons (Fsp3) is 0.286. The van der Waals surface area contributed by atoms with E-state index in [0.29, 0.717) is 22.1 Å². The van der Waals surface area contributed by atoms with Gasteiger partial charge in [0.1, 0.15) is 5.82 Å². The van der Waals surface area contributed by atoms with Crippen molar-refractivity contribution >= 4 is 22.5 Å². The Labute approximate surface area is 168 Å². The summed E-state index contributed by atoms with van der Waals surface area (Å²) in [4.78, 5) is 19.4. The third-order valence-corrected chi connectivity index (χ3v) is 5.02. The van der Waals surface area contributed by atoms with Crippen LogP contribution in [0, 0.1) is 18.8 Å². The molecule has 2 heterocycles. The number of alkyl halides is 3. The van der Waals surface area contributed by atoms with Crippen LogP contribution in [0.2, 0.25) is 0 Å². The number of amides is 1. The van der Waals surface area contributed by atoms with E-state index in [2.05, 4.69) is 15.3 Å². The normalized spacial score (nSPS) is 15.3. The molecule has 1 saturated carbocycles. The highest BCUT2D eigenvalue weighted by atomic mass is 19.4. The van der Waals surface area contributed by atoms with E-state index >= 15 is 0 Å². The van der Waals surface area contributed by atoms with E-state index in [0.717, 1.165) is 18.9 Å². The predicted molar refractivity (Wildman–Crippen MR) is 102 cm³/mol. The molecule has 9 heteroatoms.